The van der Waals surface area contributed by atoms with Crippen molar-refractivity contribution >= 4 is 11.8 Å². The molecule has 0 heterocycles. The molecule has 0 radical (unpaired) electrons. The van der Waals surface area contributed by atoms with Crippen molar-refractivity contribution in [2.45, 2.75) is 51.1 Å². The molecule has 0 spiro atoms. The second kappa shape index (κ2) is 9.31. The Balaban J connectivity index is 1.51. The van der Waals surface area contributed by atoms with Gasteiger partial charge in [0.25, 0.3) is 11.8 Å². The number of rotatable bonds is 5. The van der Waals surface area contributed by atoms with Gasteiger partial charge in [-0.2, -0.15) is 0 Å². The highest BCUT2D eigenvalue weighted by atomic mass is 19.1. The molecule has 0 aromatic heterocycles. The molecule has 5 heteroatoms. The third kappa shape index (κ3) is 5.64. The van der Waals surface area contributed by atoms with Crippen molar-refractivity contribution in [3.8, 4) is 0 Å². The molecule has 3 rings (SSSR count). The maximum Gasteiger partial charge on any atom is 0.251 e. The quantitative estimate of drug-likeness (QED) is 0.777. The second-order valence-electron chi connectivity index (χ2n) is 7.05. The maximum atomic E-state index is 12.9. The minimum Gasteiger partial charge on any atom is -0.349 e. The predicted molar refractivity (Wildman–Crippen MR) is 103 cm³/mol. The van der Waals surface area contributed by atoms with Gasteiger partial charge in [-0.15, -0.1) is 0 Å². The van der Waals surface area contributed by atoms with Crippen LogP contribution in [0, 0.1) is 5.82 Å². The molecule has 0 aliphatic heterocycles. The number of hydrogen-bond acceptors (Lipinski definition) is 2. The van der Waals surface area contributed by atoms with Crippen molar-refractivity contribution in [1.82, 2.24) is 10.6 Å². The van der Waals surface area contributed by atoms with Gasteiger partial charge in [0.05, 0.1) is 0 Å². The molecule has 27 heavy (non-hydrogen) atoms. The fourth-order valence-electron chi connectivity index (χ4n) is 3.35. The highest BCUT2D eigenvalue weighted by Crippen LogP contribution is 2.17. The number of nitrogens with one attached hydrogen (secondary N) is 2. The van der Waals surface area contributed by atoms with Crippen LogP contribution in [-0.2, 0) is 6.54 Å². The van der Waals surface area contributed by atoms with Crippen molar-refractivity contribution in [3.63, 3.8) is 0 Å². The number of carbonyl (C=O) groups excluding carboxylic acids is 2. The molecule has 2 amide bonds. The van der Waals surface area contributed by atoms with Gasteiger partial charge in [-0.05, 0) is 54.8 Å². The van der Waals surface area contributed by atoms with E-state index in [1.165, 1.54) is 49.9 Å². The molecule has 0 saturated heterocycles. The first kappa shape index (κ1) is 19.1. The summed E-state index contributed by atoms with van der Waals surface area (Å²) in [6.07, 6.45) is 6.98. The standard InChI is InChI=1S/C22H25FN2O2/c23-19-13-11-17(12-14-19)21(26)24-15-16-7-9-18(10-8-16)22(27)25-20-5-3-1-2-4-6-20/h7-14,20H,1-6,15H2,(H,24,26)(H,25,27). The molecule has 2 aromatic rings. The van der Waals surface area contributed by atoms with Crippen LogP contribution < -0.4 is 10.6 Å². The van der Waals surface area contributed by atoms with Gasteiger partial charge in [-0.1, -0.05) is 37.8 Å². The number of benzene rings is 2. The molecule has 1 saturated carbocycles. The van der Waals surface area contributed by atoms with E-state index in [4.69, 9.17) is 0 Å². The Bertz CT molecular complexity index is 764. The Morgan fingerprint density at radius 1 is 0.815 bits per heavy atom. The molecular weight excluding hydrogens is 343 g/mol. The molecule has 0 bridgehead atoms. The average Bonchev–Trinajstić information content (AvgIpc) is 2.95. The van der Waals surface area contributed by atoms with Gasteiger partial charge >= 0.3 is 0 Å². The van der Waals surface area contributed by atoms with E-state index < -0.39 is 0 Å². The van der Waals surface area contributed by atoms with Crippen LogP contribution in [0.4, 0.5) is 4.39 Å². The van der Waals surface area contributed by atoms with E-state index in [0.717, 1.165) is 18.4 Å². The van der Waals surface area contributed by atoms with Gasteiger partial charge in [-0.3, -0.25) is 9.59 Å². The smallest absolute Gasteiger partial charge is 0.251 e. The van der Waals surface area contributed by atoms with Crippen LogP contribution in [0.15, 0.2) is 48.5 Å². The van der Waals surface area contributed by atoms with E-state index in [9.17, 15) is 14.0 Å². The Labute approximate surface area is 159 Å². The average molecular weight is 368 g/mol. The van der Waals surface area contributed by atoms with Crippen LogP contribution in [0.2, 0.25) is 0 Å². The molecule has 4 nitrogen and oxygen atoms in total. The Hall–Kier alpha value is -2.69. The maximum absolute atomic E-state index is 12.9. The highest BCUT2D eigenvalue weighted by Gasteiger charge is 2.15. The minimum absolute atomic E-state index is 0.0382. The fraction of sp³-hybridized carbons (Fsp3) is 0.364. The summed E-state index contributed by atoms with van der Waals surface area (Å²) < 4.78 is 12.9. The lowest BCUT2D eigenvalue weighted by atomic mass is 10.1. The van der Waals surface area contributed by atoms with Gasteiger partial charge in [0.2, 0.25) is 0 Å². The van der Waals surface area contributed by atoms with Crippen LogP contribution in [0.25, 0.3) is 0 Å². The third-order valence-electron chi connectivity index (χ3n) is 4.97. The number of amides is 2. The zero-order chi connectivity index (χ0) is 19.1. The van der Waals surface area contributed by atoms with E-state index >= 15 is 0 Å². The Morgan fingerprint density at radius 2 is 1.37 bits per heavy atom. The molecule has 1 aliphatic carbocycles. The summed E-state index contributed by atoms with van der Waals surface area (Å²) in [5.74, 6) is -0.668. The lowest BCUT2D eigenvalue weighted by molar-refractivity contribution is 0.0929. The normalized spacial score (nSPS) is 15.0. The molecular formula is C22H25FN2O2. The fourth-order valence-corrected chi connectivity index (χ4v) is 3.35. The van der Waals surface area contributed by atoms with Crippen LogP contribution in [-0.4, -0.2) is 17.9 Å². The van der Waals surface area contributed by atoms with Crippen molar-refractivity contribution in [1.29, 1.82) is 0 Å². The summed E-state index contributed by atoms with van der Waals surface area (Å²) in [7, 11) is 0. The molecule has 2 aromatic carbocycles. The summed E-state index contributed by atoms with van der Waals surface area (Å²) in [5.41, 5.74) is 1.94. The van der Waals surface area contributed by atoms with Gasteiger partial charge in [-0.25, -0.2) is 4.39 Å². The van der Waals surface area contributed by atoms with Gasteiger partial charge in [0.15, 0.2) is 0 Å². The van der Waals surface area contributed by atoms with Crippen LogP contribution in [0.5, 0.6) is 0 Å². The van der Waals surface area contributed by atoms with Gasteiger partial charge < -0.3 is 10.6 Å². The van der Waals surface area contributed by atoms with E-state index in [-0.39, 0.29) is 23.7 Å². The summed E-state index contributed by atoms with van der Waals surface area (Å²) >= 11 is 0. The van der Waals surface area contributed by atoms with E-state index in [1.807, 2.05) is 12.1 Å². The Kier molecular flexibility index (Phi) is 6.58. The topological polar surface area (TPSA) is 58.2 Å². The largest absolute Gasteiger partial charge is 0.349 e. The summed E-state index contributed by atoms with van der Waals surface area (Å²) in [4.78, 5) is 24.5. The predicted octanol–water partition coefficient (Wildman–Crippen LogP) is 4.21. The van der Waals surface area contributed by atoms with Crippen molar-refractivity contribution in [2.75, 3.05) is 0 Å². The molecule has 2 N–H and O–H groups in total. The zero-order valence-electron chi connectivity index (χ0n) is 15.3. The van der Waals surface area contributed by atoms with Crippen molar-refractivity contribution in [3.05, 3.63) is 71.0 Å². The number of carbonyl (C=O) groups is 2. The van der Waals surface area contributed by atoms with Crippen LogP contribution in [0.1, 0.15) is 64.8 Å². The SMILES string of the molecule is O=C(NCc1ccc(C(=O)NC2CCCCCC2)cc1)c1ccc(F)cc1. The first-order valence-corrected chi connectivity index (χ1v) is 9.55. The van der Waals surface area contributed by atoms with E-state index in [0.29, 0.717) is 17.7 Å². The van der Waals surface area contributed by atoms with Crippen molar-refractivity contribution in [2.24, 2.45) is 0 Å². The number of hydrogen-bond donors (Lipinski definition) is 2. The van der Waals surface area contributed by atoms with E-state index in [1.54, 1.807) is 12.1 Å². The molecule has 0 atom stereocenters. The molecule has 1 fully saturated rings. The third-order valence-corrected chi connectivity index (χ3v) is 4.97. The molecule has 142 valence electrons. The monoisotopic (exact) mass is 368 g/mol. The van der Waals surface area contributed by atoms with Crippen LogP contribution in [0.3, 0.4) is 0 Å². The summed E-state index contributed by atoms with van der Waals surface area (Å²) in [5, 5.41) is 5.93. The van der Waals surface area contributed by atoms with E-state index in [2.05, 4.69) is 10.6 Å². The second-order valence-corrected chi connectivity index (χ2v) is 7.05. The highest BCUT2D eigenvalue weighted by molar-refractivity contribution is 5.95. The number of halogens is 1. The molecule has 0 unspecified atom stereocenters. The first-order chi connectivity index (χ1) is 13.1. The van der Waals surface area contributed by atoms with Gasteiger partial charge in [0.1, 0.15) is 5.82 Å². The summed E-state index contributed by atoms with van der Waals surface area (Å²) in [6.45, 7) is 0.348. The zero-order valence-corrected chi connectivity index (χ0v) is 15.3. The van der Waals surface area contributed by atoms with Crippen LogP contribution >= 0.6 is 0 Å². The molecule has 1 aliphatic rings. The van der Waals surface area contributed by atoms with Crippen molar-refractivity contribution < 1.29 is 14.0 Å². The summed E-state index contributed by atoms with van der Waals surface area (Å²) in [6, 6.07) is 12.9. The lowest BCUT2D eigenvalue weighted by Gasteiger charge is -2.16. The lowest BCUT2D eigenvalue weighted by Crippen LogP contribution is -2.34. The van der Waals surface area contributed by atoms with Gasteiger partial charge in [0, 0.05) is 23.7 Å². The Morgan fingerprint density at radius 3 is 2.00 bits per heavy atom. The first-order valence-electron chi connectivity index (χ1n) is 9.55. The minimum atomic E-state index is -0.371.